The fourth-order valence-corrected chi connectivity index (χ4v) is 4.95. The Bertz CT molecular complexity index is 996. The molecule has 2 atom stereocenters. The number of likely N-dealkylation sites (tertiary alicyclic amines) is 1. The number of rotatable bonds is 9. The van der Waals surface area contributed by atoms with E-state index in [0.29, 0.717) is 13.1 Å². The molecule has 2 heterocycles. The molecule has 3 amide bonds. The predicted molar refractivity (Wildman–Crippen MR) is 135 cm³/mol. The van der Waals surface area contributed by atoms with Crippen LogP contribution in [0.4, 0.5) is 0 Å². The quantitative estimate of drug-likeness (QED) is 0.597. The highest BCUT2D eigenvalue weighted by molar-refractivity contribution is 5.87. The lowest BCUT2D eigenvalue weighted by atomic mass is 9.84. The van der Waals surface area contributed by atoms with Crippen LogP contribution in [0.25, 0.3) is 0 Å². The summed E-state index contributed by atoms with van der Waals surface area (Å²) in [5, 5.41) is 7.00. The summed E-state index contributed by atoms with van der Waals surface area (Å²) in [5.74, 6) is 0.0959. The highest BCUT2D eigenvalue weighted by Gasteiger charge is 2.35. The summed E-state index contributed by atoms with van der Waals surface area (Å²) in [6.45, 7) is 8.90. The van der Waals surface area contributed by atoms with Gasteiger partial charge in [0.1, 0.15) is 12.6 Å². The van der Waals surface area contributed by atoms with E-state index >= 15 is 0 Å². The van der Waals surface area contributed by atoms with Crippen molar-refractivity contribution >= 4 is 17.7 Å². The van der Waals surface area contributed by atoms with Gasteiger partial charge in [-0.15, -0.1) is 0 Å². The Morgan fingerprint density at radius 1 is 1.14 bits per heavy atom. The van der Waals surface area contributed by atoms with Gasteiger partial charge in [-0.05, 0) is 55.2 Å². The van der Waals surface area contributed by atoms with Gasteiger partial charge in [-0.3, -0.25) is 19.1 Å². The van der Waals surface area contributed by atoms with Crippen LogP contribution in [0.2, 0.25) is 0 Å². The van der Waals surface area contributed by atoms with Crippen LogP contribution in [-0.4, -0.2) is 69.5 Å². The van der Waals surface area contributed by atoms with E-state index in [-0.39, 0.29) is 42.1 Å². The molecule has 3 rings (SSSR count). The number of nitrogens with zero attached hydrogens (tertiary/aromatic N) is 4. The third kappa shape index (κ3) is 6.93. The molecule has 0 saturated carbocycles. The van der Waals surface area contributed by atoms with E-state index in [9.17, 15) is 14.4 Å². The van der Waals surface area contributed by atoms with E-state index in [4.69, 9.17) is 0 Å². The summed E-state index contributed by atoms with van der Waals surface area (Å²) in [6.07, 6.45) is 5.87. The highest BCUT2D eigenvalue weighted by Crippen LogP contribution is 2.28. The molecule has 2 aromatic rings. The van der Waals surface area contributed by atoms with E-state index in [0.717, 1.165) is 19.3 Å². The van der Waals surface area contributed by atoms with E-state index in [1.165, 1.54) is 18.1 Å². The third-order valence-corrected chi connectivity index (χ3v) is 7.12. The van der Waals surface area contributed by atoms with Gasteiger partial charge in [-0.25, -0.2) is 0 Å². The molecular weight excluding hydrogens is 442 g/mol. The van der Waals surface area contributed by atoms with Gasteiger partial charge in [0, 0.05) is 45.5 Å². The first-order chi connectivity index (χ1) is 16.7. The van der Waals surface area contributed by atoms with E-state index in [2.05, 4.69) is 29.5 Å². The van der Waals surface area contributed by atoms with Crippen LogP contribution >= 0.6 is 0 Å². The van der Waals surface area contributed by atoms with Crippen molar-refractivity contribution in [3.05, 3.63) is 53.9 Å². The smallest absolute Gasteiger partial charge is 0.245 e. The minimum atomic E-state index is -0.509. The number of amides is 3. The molecule has 1 aromatic heterocycles. The summed E-state index contributed by atoms with van der Waals surface area (Å²) in [6, 6.07) is 9.64. The van der Waals surface area contributed by atoms with Crippen molar-refractivity contribution in [1.29, 1.82) is 0 Å². The zero-order valence-corrected chi connectivity index (χ0v) is 21.6. The lowest BCUT2D eigenvalue weighted by Gasteiger charge is -2.41. The van der Waals surface area contributed by atoms with Crippen LogP contribution in [0.3, 0.4) is 0 Å². The highest BCUT2D eigenvalue weighted by atomic mass is 16.2. The van der Waals surface area contributed by atoms with Gasteiger partial charge in [0.2, 0.25) is 17.7 Å². The first-order valence-corrected chi connectivity index (χ1v) is 12.5. The summed E-state index contributed by atoms with van der Waals surface area (Å²) in [7, 11) is 1.89. The topological polar surface area (TPSA) is 87.5 Å². The Hall–Kier alpha value is -3.16. The van der Waals surface area contributed by atoms with E-state index in [1.54, 1.807) is 17.1 Å². The van der Waals surface area contributed by atoms with Gasteiger partial charge >= 0.3 is 0 Å². The minimum absolute atomic E-state index is 0.0176. The number of piperidine rings is 1. The van der Waals surface area contributed by atoms with Crippen LogP contribution < -0.4 is 5.32 Å². The molecule has 35 heavy (non-hydrogen) atoms. The first-order valence-electron chi connectivity index (χ1n) is 12.5. The molecule has 1 aliphatic heterocycles. The van der Waals surface area contributed by atoms with E-state index < -0.39 is 6.04 Å². The van der Waals surface area contributed by atoms with Crippen LogP contribution in [-0.2, 0) is 27.3 Å². The number of likely N-dealkylation sites (N-methyl/N-ethyl adjacent to an activating group) is 1. The minimum Gasteiger partial charge on any atom is -0.344 e. The van der Waals surface area contributed by atoms with Crippen molar-refractivity contribution in [3.8, 4) is 0 Å². The molecule has 0 unspecified atom stereocenters. The van der Waals surface area contributed by atoms with Gasteiger partial charge in [0.05, 0.1) is 0 Å². The van der Waals surface area contributed by atoms with Crippen molar-refractivity contribution in [2.45, 2.75) is 65.6 Å². The molecule has 1 N–H and O–H groups in total. The number of aryl methyl sites for hydroxylation is 1. The Labute approximate surface area is 208 Å². The Balaban J connectivity index is 1.73. The predicted octanol–water partition coefficient (Wildman–Crippen LogP) is 2.66. The van der Waals surface area contributed by atoms with Crippen molar-refractivity contribution in [1.82, 2.24) is 24.9 Å². The standard InChI is InChI=1S/C27H39N5O3/c1-19(2)26(29-21(4)33)27(35)31-15-11-22(12-16-31)24(17-23-10-7-6-9-20(23)3)30(5)25(34)18-32-14-8-13-28-32/h6-10,13-14,19,22,24,26H,11-12,15-18H2,1-5H3,(H,29,33)/t24-,26-/m0/s1. The molecule has 0 aliphatic carbocycles. The molecule has 8 heteroatoms. The molecule has 1 aliphatic rings. The maximum Gasteiger partial charge on any atom is 0.245 e. The summed E-state index contributed by atoms with van der Waals surface area (Å²) in [4.78, 5) is 41.7. The van der Waals surface area contributed by atoms with Gasteiger partial charge in [-0.1, -0.05) is 38.1 Å². The second-order valence-electron chi connectivity index (χ2n) is 9.99. The largest absolute Gasteiger partial charge is 0.344 e. The molecule has 1 saturated heterocycles. The second-order valence-corrected chi connectivity index (χ2v) is 9.99. The molecule has 1 aromatic carbocycles. The van der Waals surface area contributed by atoms with E-state index in [1.807, 2.05) is 48.9 Å². The molecule has 190 valence electrons. The molecular formula is C27H39N5O3. The zero-order valence-electron chi connectivity index (χ0n) is 21.6. The van der Waals surface area contributed by atoms with Crippen LogP contribution in [0.1, 0.15) is 44.7 Å². The van der Waals surface area contributed by atoms with Crippen molar-refractivity contribution in [3.63, 3.8) is 0 Å². The Morgan fingerprint density at radius 3 is 2.40 bits per heavy atom. The van der Waals surface area contributed by atoms with Crippen LogP contribution in [0, 0.1) is 18.8 Å². The first kappa shape index (κ1) is 26.4. The number of benzene rings is 1. The SMILES string of the molecule is CC(=O)N[C@H](C(=O)N1CCC([C@H](Cc2ccccc2C)N(C)C(=O)Cn2cccn2)CC1)C(C)C. The lowest BCUT2D eigenvalue weighted by molar-refractivity contribution is -0.140. The number of carbonyl (C=O) groups excluding carboxylic acids is 3. The van der Waals surface area contributed by atoms with Crippen molar-refractivity contribution < 1.29 is 14.4 Å². The Kier molecular flexibility index (Phi) is 9.07. The van der Waals surface area contributed by atoms with Crippen LogP contribution in [0.5, 0.6) is 0 Å². The average Bonchev–Trinajstić information content (AvgIpc) is 3.34. The number of nitrogens with one attached hydrogen (secondary N) is 1. The monoisotopic (exact) mass is 481 g/mol. The number of carbonyl (C=O) groups is 3. The van der Waals surface area contributed by atoms with Crippen molar-refractivity contribution in [2.24, 2.45) is 11.8 Å². The molecule has 0 bridgehead atoms. The molecule has 0 radical (unpaired) electrons. The summed E-state index contributed by atoms with van der Waals surface area (Å²) >= 11 is 0. The normalized spacial score (nSPS) is 16.1. The number of hydrogen-bond acceptors (Lipinski definition) is 4. The van der Waals surface area contributed by atoms with Gasteiger partial charge < -0.3 is 15.1 Å². The summed E-state index contributed by atoms with van der Waals surface area (Å²) < 4.78 is 1.65. The molecule has 1 fully saturated rings. The third-order valence-electron chi connectivity index (χ3n) is 7.12. The maximum absolute atomic E-state index is 13.2. The number of hydrogen-bond donors (Lipinski definition) is 1. The van der Waals surface area contributed by atoms with Gasteiger partial charge in [0.15, 0.2) is 0 Å². The summed E-state index contributed by atoms with van der Waals surface area (Å²) in [5.41, 5.74) is 2.45. The number of aromatic nitrogens is 2. The van der Waals surface area contributed by atoms with Crippen molar-refractivity contribution in [2.75, 3.05) is 20.1 Å². The molecule has 8 nitrogen and oxygen atoms in total. The van der Waals surface area contributed by atoms with Gasteiger partial charge in [-0.2, -0.15) is 5.10 Å². The van der Waals surface area contributed by atoms with Gasteiger partial charge in [0.25, 0.3) is 0 Å². The second kappa shape index (κ2) is 12.0. The fourth-order valence-electron chi connectivity index (χ4n) is 4.95. The lowest BCUT2D eigenvalue weighted by Crippen LogP contribution is -2.54. The fraction of sp³-hybridized carbons (Fsp3) is 0.556. The average molecular weight is 482 g/mol. The Morgan fingerprint density at radius 2 is 1.83 bits per heavy atom. The molecule has 0 spiro atoms. The zero-order chi connectivity index (χ0) is 25.5. The van der Waals surface area contributed by atoms with Crippen LogP contribution in [0.15, 0.2) is 42.7 Å². The maximum atomic E-state index is 13.2.